The zero-order chi connectivity index (χ0) is 14.8. The quantitative estimate of drug-likeness (QED) is 0.653. The minimum Gasteiger partial charge on any atom is -0.308 e. The van der Waals surface area contributed by atoms with Crippen LogP contribution in [0.3, 0.4) is 0 Å². The van der Waals surface area contributed by atoms with Gasteiger partial charge in [-0.05, 0) is 30.9 Å². The smallest absolute Gasteiger partial charge is 0.308 e. The molecular weight excluding hydrogens is 287 g/mol. The van der Waals surface area contributed by atoms with Crippen molar-refractivity contribution in [2.75, 3.05) is 5.43 Å². The highest BCUT2D eigenvalue weighted by atomic mass is 32.2. The van der Waals surface area contributed by atoms with Crippen molar-refractivity contribution >= 4 is 17.6 Å². The maximum atomic E-state index is 12.8. The first-order valence-electron chi connectivity index (χ1n) is 6.61. The number of nitrogens with zero attached hydrogens (tertiary/aromatic N) is 1. The topological polar surface area (TPSA) is 50.9 Å². The number of anilines is 1. The fourth-order valence-electron chi connectivity index (χ4n) is 2.46. The van der Waals surface area contributed by atoms with Gasteiger partial charge in [-0.25, -0.2) is 10.8 Å². The molecule has 0 aliphatic heterocycles. The molecule has 0 amide bonds. The number of hydrazine groups is 1. The van der Waals surface area contributed by atoms with Gasteiger partial charge in [-0.1, -0.05) is 19.8 Å². The molecule has 112 valence electrons. The third kappa shape index (κ3) is 4.02. The number of rotatable bonds is 3. The normalized spacial score (nSPS) is 23.6. The lowest BCUT2D eigenvalue weighted by Crippen LogP contribution is -2.16. The molecule has 0 spiro atoms. The van der Waals surface area contributed by atoms with E-state index in [4.69, 9.17) is 5.84 Å². The van der Waals surface area contributed by atoms with Gasteiger partial charge in [-0.15, -0.1) is 11.8 Å². The first kappa shape index (κ1) is 15.4. The van der Waals surface area contributed by atoms with Gasteiger partial charge in [0.2, 0.25) is 0 Å². The maximum absolute atomic E-state index is 12.8. The fourth-order valence-corrected chi connectivity index (χ4v) is 3.86. The monoisotopic (exact) mass is 305 g/mol. The molecule has 1 aliphatic rings. The Kier molecular flexibility index (Phi) is 4.80. The lowest BCUT2D eigenvalue weighted by molar-refractivity contribution is -0.137. The molecule has 3 N–H and O–H groups in total. The van der Waals surface area contributed by atoms with E-state index in [-0.39, 0.29) is 5.82 Å². The Morgan fingerprint density at radius 2 is 2.10 bits per heavy atom. The molecule has 0 aromatic carbocycles. The van der Waals surface area contributed by atoms with Gasteiger partial charge in [-0.3, -0.25) is 0 Å². The minimum atomic E-state index is -4.39. The Balaban J connectivity index is 2.18. The van der Waals surface area contributed by atoms with E-state index in [0.717, 1.165) is 31.4 Å². The number of nitrogen functional groups attached to an aromatic ring is 1. The Bertz CT molecular complexity index is 465. The van der Waals surface area contributed by atoms with Crippen molar-refractivity contribution in [3.8, 4) is 0 Å². The predicted molar refractivity (Wildman–Crippen MR) is 74.3 cm³/mol. The highest BCUT2D eigenvalue weighted by Gasteiger charge is 2.32. The molecule has 3 nitrogen and oxygen atoms in total. The van der Waals surface area contributed by atoms with Gasteiger partial charge in [0.1, 0.15) is 5.82 Å². The summed E-state index contributed by atoms with van der Waals surface area (Å²) in [5.74, 6) is 5.87. The summed E-state index contributed by atoms with van der Waals surface area (Å²) >= 11 is 1.42. The largest absolute Gasteiger partial charge is 0.416 e. The van der Waals surface area contributed by atoms with Crippen LogP contribution < -0.4 is 11.3 Å². The number of thioether (sulfide) groups is 1. The zero-order valence-electron chi connectivity index (χ0n) is 11.2. The number of alkyl halides is 3. The van der Waals surface area contributed by atoms with Crippen LogP contribution in [-0.4, -0.2) is 10.2 Å². The summed E-state index contributed by atoms with van der Waals surface area (Å²) in [5, 5.41) is 0.715. The third-order valence-electron chi connectivity index (χ3n) is 3.45. The number of hydrogen-bond acceptors (Lipinski definition) is 4. The number of nitrogens with two attached hydrogens (primary N) is 1. The molecule has 2 rings (SSSR count). The number of nitrogens with one attached hydrogen (secondary N) is 1. The van der Waals surface area contributed by atoms with Crippen molar-refractivity contribution in [2.24, 2.45) is 11.8 Å². The SMILES string of the molecule is CC1CCCC(Sc2cc(C(F)(F)F)cc(NN)n2)C1. The van der Waals surface area contributed by atoms with Gasteiger partial charge in [0.15, 0.2) is 0 Å². The summed E-state index contributed by atoms with van der Waals surface area (Å²) < 4.78 is 38.5. The van der Waals surface area contributed by atoms with E-state index < -0.39 is 11.7 Å². The van der Waals surface area contributed by atoms with E-state index in [9.17, 15) is 13.2 Å². The van der Waals surface area contributed by atoms with Crippen LogP contribution in [0.2, 0.25) is 0 Å². The lowest BCUT2D eigenvalue weighted by Gasteiger charge is -2.26. The van der Waals surface area contributed by atoms with Crippen LogP contribution >= 0.6 is 11.8 Å². The van der Waals surface area contributed by atoms with Gasteiger partial charge in [0.05, 0.1) is 10.6 Å². The van der Waals surface area contributed by atoms with E-state index in [2.05, 4.69) is 17.3 Å². The van der Waals surface area contributed by atoms with Gasteiger partial charge in [0, 0.05) is 5.25 Å². The van der Waals surface area contributed by atoms with Gasteiger partial charge in [0.25, 0.3) is 0 Å². The fraction of sp³-hybridized carbons (Fsp3) is 0.615. The van der Waals surface area contributed by atoms with Crippen LogP contribution in [-0.2, 0) is 6.18 Å². The highest BCUT2D eigenvalue weighted by molar-refractivity contribution is 7.99. The molecule has 7 heteroatoms. The van der Waals surface area contributed by atoms with E-state index in [0.29, 0.717) is 16.2 Å². The van der Waals surface area contributed by atoms with E-state index in [1.807, 2.05) is 0 Å². The molecule has 1 aromatic heterocycles. The zero-order valence-corrected chi connectivity index (χ0v) is 12.0. The Labute approximate surface area is 120 Å². The molecule has 2 unspecified atom stereocenters. The second kappa shape index (κ2) is 6.22. The minimum absolute atomic E-state index is 0.0474. The van der Waals surface area contributed by atoms with Crippen LogP contribution in [0.1, 0.15) is 38.2 Å². The first-order chi connectivity index (χ1) is 9.38. The molecular formula is C13H18F3N3S. The molecule has 1 heterocycles. The molecule has 2 atom stereocenters. The summed E-state index contributed by atoms with van der Waals surface area (Å²) in [6, 6.07) is 2.03. The van der Waals surface area contributed by atoms with Crippen molar-refractivity contribution in [3.63, 3.8) is 0 Å². The van der Waals surface area contributed by atoms with E-state index in [1.54, 1.807) is 0 Å². The standard InChI is InChI=1S/C13H18F3N3S/c1-8-3-2-4-10(5-8)20-12-7-9(13(14,15)16)6-11(18-12)19-17/h6-8,10H,2-5,17H2,1H3,(H,18,19). The molecule has 1 saturated carbocycles. The Hall–Kier alpha value is -0.950. The van der Waals surface area contributed by atoms with Gasteiger partial charge in [-0.2, -0.15) is 13.2 Å². The molecule has 1 aromatic rings. The maximum Gasteiger partial charge on any atom is 0.416 e. The van der Waals surface area contributed by atoms with Crippen LogP contribution in [0.25, 0.3) is 0 Å². The average Bonchev–Trinajstić information content (AvgIpc) is 2.37. The van der Waals surface area contributed by atoms with Gasteiger partial charge >= 0.3 is 6.18 Å². The third-order valence-corrected chi connectivity index (χ3v) is 4.66. The summed E-state index contributed by atoms with van der Waals surface area (Å²) in [5.41, 5.74) is 1.49. The number of hydrogen-bond donors (Lipinski definition) is 2. The van der Waals surface area contributed by atoms with Crippen molar-refractivity contribution < 1.29 is 13.2 Å². The summed E-state index contributed by atoms with van der Waals surface area (Å²) in [7, 11) is 0. The number of aromatic nitrogens is 1. The molecule has 0 radical (unpaired) electrons. The summed E-state index contributed by atoms with van der Waals surface area (Å²) in [6.45, 7) is 2.18. The van der Waals surface area contributed by atoms with Crippen LogP contribution in [0.5, 0.6) is 0 Å². The molecule has 1 fully saturated rings. The van der Waals surface area contributed by atoms with E-state index >= 15 is 0 Å². The second-order valence-corrected chi connectivity index (χ2v) is 6.55. The Morgan fingerprint density at radius 3 is 2.70 bits per heavy atom. The summed E-state index contributed by atoms with van der Waals surface area (Å²) in [6.07, 6.45) is -0.0154. The van der Waals surface area contributed by atoms with Crippen molar-refractivity contribution in [1.82, 2.24) is 4.98 Å². The Morgan fingerprint density at radius 1 is 1.35 bits per heavy atom. The van der Waals surface area contributed by atoms with Crippen molar-refractivity contribution in [3.05, 3.63) is 17.7 Å². The number of halogens is 3. The lowest BCUT2D eigenvalue weighted by atomic mass is 9.91. The van der Waals surface area contributed by atoms with E-state index in [1.165, 1.54) is 18.2 Å². The average molecular weight is 305 g/mol. The van der Waals surface area contributed by atoms with Crippen molar-refractivity contribution in [1.29, 1.82) is 0 Å². The number of pyridine rings is 1. The molecule has 1 aliphatic carbocycles. The molecule has 0 bridgehead atoms. The first-order valence-corrected chi connectivity index (χ1v) is 7.49. The van der Waals surface area contributed by atoms with Gasteiger partial charge < -0.3 is 5.43 Å². The van der Waals surface area contributed by atoms with Crippen LogP contribution in [0.15, 0.2) is 17.2 Å². The summed E-state index contributed by atoms with van der Waals surface area (Å²) in [4.78, 5) is 4.11. The molecule has 20 heavy (non-hydrogen) atoms. The van der Waals surface area contributed by atoms with Crippen LogP contribution in [0, 0.1) is 5.92 Å². The molecule has 0 saturated heterocycles. The van der Waals surface area contributed by atoms with Crippen molar-refractivity contribution in [2.45, 2.75) is 49.1 Å². The van der Waals surface area contributed by atoms with Crippen LogP contribution in [0.4, 0.5) is 19.0 Å². The highest BCUT2D eigenvalue weighted by Crippen LogP contribution is 2.38. The second-order valence-electron chi connectivity index (χ2n) is 5.23. The predicted octanol–water partition coefficient (Wildman–Crippen LogP) is 4.06.